The van der Waals surface area contributed by atoms with Crippen molar-refractivity contribution in [2.24, 2.45) is 0 Å². The number of hydrogen-bond donors (Lipinski definition) is 1. The van der Waals surface area contributed by atoms with E-state index in [-0.39, 0.29) is 6.10 Å². The Morgan fingerprint density at radius 1 is 1.38 bits per heavy atom. The van der Waals surface area contributed by atoms with Crippen LogP contribution in [0, 0.1) is 0 Å². The Morgan fingerprint density at radius 3 is 2.75 bits per heavy atom. The summed E-state index contributed by atoms with van der Waals surface area (Å²) in [6.07, 6.45) is 1.41. The summed E-state index contributed by atoms with van der Waals surface area (Å²) in [7, 11) is 0. The fraction of sp³-hybridized carbons (Fsp3) is 0.571. The second-order valence-corrected chi connectivity index (χ2v) is 4.58. The maximum Gasteiger partial charge on any atom is 0.129 e. The number of para-hydroxylation sites is 1. The summed E-state index contributed by atoms with van der Waals surface area (Å²) in [5.41, 5.74) is 2.19. The van der Waals surface area contributed by atoms with E-state index in [0.717, 1.165) is 24.2 Å². The molecule has 16 heavy (non-hydrogen) atoms. The van der Waals surface area contributed by atoms with Crippen LogP contribution in [0.25, 0.3) is 0 Å². The van der Waals surface area contributed by atoms with Gasteiger partial charge in [0, 0.05) is 5.56 Å². The van der Waals surface area contributed by atoms with E-state index in [0.29, 0.717) is 5.92 Å². The van der Waals surface area contributed by atoms with Gasteiger partial charge in [-0.1, -0.05) is 39.0 Å². The molecule has 88 valence electrons. The first-order valence-electron chi connectivity index (χ1n) is 6.16. The molecule has 0 fully saturated rings. The van der Waals surface area contributed by atoms with Crippen LogP contribution in [0.5, 0.6) is 5.75 Å². The average Bonchev–Trinajstić information content (AvgIpc) is 2.65. The molecule has 1 aliphatic heterocycles. The Morgan fingerprint density at radius 2 is 2.12 bits per heavy atom. The third-order valence-corrected chi connectivity index (χ3v) is 3.56. The van der Waals surface area contributed by atoms with Gasteiger partial charge in [0.15, 0.2) is 0 Å². The van der Waals surface area contributed by atoms with Crippen molar-refractivity contribution in [2.75, 3.05) is 0 Å². The Kier molecular flexibility index (Phi) is 3.20. The molecule has 0 amide bonds. The molecule has 0 saturated heterocycles. The van der Waals surface area contributed by atoms with Gasteiger partial charge in [-0.25, -0.2) is 0 Å². The summed E-state index contributed by atoms with van der Waals surface area (Å²) in [6, 6.07) is 6.10. The fourth-order valence-electron chi connectivity index (χ4n) is 2.27. The molecule has 0 radical (unpaired) electrons. The summed E-state index contributed by atoms with van der Waals surface area (Å²) < 4.78 is 5.87. The Labute approximate surface area is 97.3 Å². The molecule has 3 atom stereocenters. The summed E-state index contributed by atoms with van der Waals surface area (Å²) in [4.78, 5) is 0. The third kappa shape index (κ3) is 1.71. The second-order valence-electron chi connectivity index (χ2n) is 4.58. The van der Waals surface area contributed by atoms with Crippen molar-refractivity contribution in [3.63, 3.8) is 0 Å². The fourth-order valence-corrected chi connectivity index (χ4v) is 2.27. The number of hydrogen-bond acceptors (Lipinski definition) is 2. The number of aliphatic hydroxyl groups is 1. The van der Waals surface area contributed by atoms with Crippen molar-refractivity contribution in [1.29, 1.82) is 0 Å². The second kappa shape index (κ2) is 4.46. The van der Waals surface area contributed by atoms with Gasteiger partial charge in [0.25, 0.3) is 0 Å². The van der Waals surface area contributed by atoms with Gasteiger partial charge in [-0.3, -0.25) is 0 Å². The Balaban J connectivity index is 2.40. The minimum atomic E-state index is -0.455. The van der Waals surface area contributed by atoms with E-state index in [1.165, 1.54) is 5.56 Å². The minimum absolute atomic E-state index is 0.0693. The monoisotopic (exact) mass is 220 g/mol. The Hall–Kier alpha value is -1.02. The smallest absolute Gasteiger partial charge is 0.129 e. The van der Waals surface area contributed by atoms with Gasteiger partial charge in [-0.2, -0.15) is 0 Å². The van der Waals surface area contributed by atoms with Gasteiger partial charge >= 0.3 is 0 Å². The van der Waals surface area contributed by atoms with Crippen molar-refractivity contribution in [1.82, 2.24) is 0 Å². The van der Waals surface area contributed by atoms with Crippen LogP contribution in [0.15, 0.2) is 18.2 Å². The van der Waals surface area contributed by atoms with Crippen molar-refractivity contribution in [3.05, 3.63) is 29.3 Å². The molecule has 0 saturated carbocycles. The van der Waals surface area contributed by atoms with E-state index < -0.39 is 6.10 Å². The lowest BCUT2D eigenvalue weighted by molar-refractivity contribution is 0.0649. The maximum absolute atomic E-state index is 10.1. The zero-order valence-corrected chi connectivity index (χ0v) is 10.2. The lowest BCUT2D eigenvalue weighted by Crippen LogP contribution is -2.16. The summed E-state index contributed by atoms with van der Waals surface area (Å²) in [5.74, 6) is 1.41. The first-order chi connectivity index (χ1) is 7.69. The van der Waals surface area contributed by atoms with Crippen LogP contribution in [0.3, 0.4) is 0 Å². The van der Waals surface area contributed by atoms with E-state index >= 15 is 0 Å². The summed E-state index contributed by atoms with van der Waals surface area (Å²) >= 11 is 0. The van der Waals surface area contributed by atoms with E-state index in [1.807, 2.05) is 19.1 Å². The highest BCUT2D eigenvalue weighted by Gasteiger charge is 2.33. The number of fused-ring (bicyclic) bond motifs is 1. The van der Waals surface area contributed by atoms with E-state index in [4.69, 9.17) is 4.74 Å². The predicted octanol–water partition coefficient (Wildman–Crippen LogP) is 3.40. The molecule has 0 aliphatic carbocycles. The zero-order chi connectivity index (χ0) is 11.7. The quantitative estimate of drug-likeness (QED) is 0.846. The van der Waals surface area contributed by atoms with E-state index in [1.54, 1.807) is 0 Å². The van der Waals surface area contributed by atoms with Crippen molar-refractivity contribution in [3.8, 4) is 5.75 Å². The molecule has 0 spiro atoms. The molecule has 2 rings (SSSR count). The predicted molar refractivity (Wildman–Crippen MR) is 64.8 cm³/mol. The lowest BCUT2D eigenvalue weighted by Gasteiger charge is -2.14. The molecular formula is C14H20O2. The van der Waals surface area contributed by atoms with Crippen LogP contribution >= 0.6 is 0 Å². The van der Waals surface area contributed by atoms with Crippen molar-refractivity contribution < 1.29 is 9.84 Å². The normalized spacial score (nSPS) is 25.0. The highest BCUT2D eigenvalue weighted by Crippen LogP contribution is 2.43. The van der Waals surface area contributed by atoms with E-state index in [2.05, 4.69) is 19.9 Å². The lowest BCUT2D eigenvalue weighted by atomic mass is 9.94. The molecule has 1 aromatic carbocycles. The van der Waals surface area contributed by atoms with Crippen LogP contribution in [-0.4, -0.2) is 11.2 Å². The number of ether oxygens (including phenoxy) is 1. The largest absolute Gasteiger partial charge is 0.487 e. The van der Waals surface area contributed by atoms with Crippen LogP contribution in [0.1, 0.15) is 56.8 Å². The van der Waals surface area contributed by atoms with Crippen LogP contribution in [0.2, 0.25) is 0 Å². The molecule has 1 N–H and O–H groups in total. The van der Waals surface area contributed by atoms with Crippen LogP contribution in [-0.2, 0) is 0 Å². The third-order valence-electron chi connectivity index (χ3n) is 3.56. The molecule has 3 unspecified atom stereocenters. The van der Waals surface area contributed by atoms with Gasteiger partial charge < -0.3 is 9.84 Å². The molecule has 0 bridgehead atoms. The van der Waals surface area contributed by atoms with Gasteiger partial charge in [-0.15, -0.1) is 0 Å². The first-order valence-corrected chi connectivity index (χ1v) is 6.16. The number of aliphatic hydroxyl groups excluding tert-OH is 1. The minimum Gasteiger partial charge on any atom is -0.487 e. The topological polar surface area (TPSA) is 29.5 Å². The summed E-state index contributed by atoms with van der Waals surface area (Å²) in [6.45, 7) is 6.42. The van der Waals surface area contributed by atoms with Gasteiger partial charge in [0.1, 0.15) is 18.0 Å². The number of rotatable bonds is 3. The van der Waals surface area contributed by atoms with Crippen molar-refractivity contribution in [2.45, 2.75) is 51.7 Å². The van der Waals surface area contributed by atoms with E-state index in [9.17, 15) is 5.11 Å². The highest BCUT2D eigenvalue weighted by molar-refractivity contribution is 5.47. The molecule has 1 heterocycles. The van der Waals surface area contributed by atoms with Crippen molar-refractivity contribution >= 4 is 0 Å². The zero-order valence-electron chi connectivity index (χ0n) is 10.2. The average molecular weight is 220 g/mol. The van der Waals surface area contributed by atoms with Crippen LogP contribution in [0.4, 0.5) is 0 Å². The highest BCUT2D eigenvalue weighted by atomic mass is 16.5. The summed E-state index contributed by atoms with van der Waals surface area (Å²) in [5, 5.41) is 10.1. The molecule has 1 aromatic rings. The maximum atomic E-state index is 10.1. The molecule has 1 aliphatic rings. The van der Waals surface area contributed by atoms with Gasteiger partial charge in [-0.05, 0) is 24.3 Å². The Bertz CT molecular complexity index is 373. The van der Waals surface area contributed by atoms with Gasteiger partial charge in [0.05, 0.1) is 0 Å². The SMILES string of the molecule is CCC(C)c1cccc2c1OC(CC)C2O. The first kappa shape index (κ1) is 11.5. The van der Waals surface area contributed by atoms with Gasteiger partial charge in [0.2, 0.25) is 0 Å². The number of benzene rings is 1. The molecular weight excluding hydrogens is 200 g/mol. The molecule has 0 aromatic heterocycles. The van der Waals surface area contributed by atoms with Crippen LogP contribution < -0.4 is 4.74 Å². The standard InChI is InChI=1S/C14H20O2/c1-4-9(3)10-7-6-8-11-13(15)12(5-2)16-14(10)11/h6-9,12-13,15H,4-5H2,1-3H3. The molecule has 2 nitrogen and oxygen atoms in total. The molecule has 2 heteroatoms.